The summed E-state index contributed by atoms with van der Waals surface area (Å²) in [4.78, 5) is 15.3. The predicted octanol–water partition coefficient (Wildman–Crippen LogP) is 4.78. The first-order valence-corrected chi connectivity index (χ1v) is 11.7. The number of hydrogen-bond acceptors (Lipinski definition) is 6. The molecule has 7 nitrogen and oxygen atoms in total. The van der Waals surface area contributed by atoms with E-state index in [0.29, 0.717) is 59.9 Å². The van der Waals surface area contributed by atoms with Crippen LogP contribution in [0.4, 0.5) is 19.1 Å². The van der Waals surface area contributed by atoms with E-state index in [1.807, 2.05) is 11.8 Å². The number of hydrogen-bond donors (Lipinski definition) is 1. The van der Waals surface area contributed by atoms with Crippen LogP contribution in [0.2, 0.25) is 0 Å². The number of ether oxygens (including phenoxy) is 1. The number of benzene rings is 1. The van der Waals surface area contributed by atoms with Crippen molar-refractivity contribution in [3.8, 4) is 16.9 Å². The molecule has 1 aromatic carbocycles. The minimum atomic E-state index is -2.93. The number of imidazole rings is 1. The van der Waals surface area contributed by atoms with Crippen molar-refractivity contribution < 1.29 is 23.0 Å². The van der Waals surface area contributed by atoms with Gasteiger partial charge in [0.1, 0.15) is 17.2 Å². The number of piperidine rings is 1. The van der Waals surface area contributed by atoms with Gasteiger partial charge in [0.05, 0.1) is 11.3 Å². The standard InChI is InChI=1S/C26H26F3N5O2/c1-16-21(11-17-5-3-4-6-22(17)36-24(28)29)34-15-19(20(27)12-23(34)32-16)18-13-30-25(31-14-18)33-9-7-26(2,35)8-10-33/h3-6,12-15,24,35H,7-11H2,1-2H3. The number of pyridine rings is 1. The van der Waals surface area contributed by atoms with Gasteiger partial charge in [-0.05, 0) is 32.8 Å². The molecule has 0 aliphatic carbocycles. The van der Waals surface area contributed by atoms with Crippen LogP contribution in [0.5, 0.6) is 5.75 Å². The summed E-state index contributed by atoms with van der Waals surface area (Å²) in [6, 6.07) is 7.93. The number of para-hydroxylation sites is 1. The zero-order chi connectivity index (χ0) is 25.4. The van der Waals surface area contributed by atoms with Crippen molar-refractivity contribution in [2.24, 2.45) is 0 Å². The lowest BCUT2D eigenvalue weighted by Gasteiger charge is -2.35. The molecule has 4 aromatic rings. The normalized spacial score (nSPS) is 15.6. The summed E-state index contributed by atoms with van der Waals surface area (Å²) in [5, 5.41) is 10.2. The Kier molecular flexibility index (Phi) is 6.29. The largest absolute Gasteiger partial charge is 0.435 e. The maximum atomic E-state index is 15.1. The van der Waals surface area contributed by atoms with Crippen LogP contribution in [0.3, 0.4) is 0 Å². The number of aromatic nitrogens is 4. The smallest absolute Gasteiger partial charge is 0.387 e. The number of halogens is 3. The first kappa shape index (κ1) is 24.1. The maximum Gasteiger partial charge on any atom is 0.387 e. The molecule has 1 N–H and O–H groups in total. The van der Waals surface area contributed by atoms with E-state index in [1.54, 1.807) is 48.1 Å². The maximum absolute atomic E-state index is 15.1. The first-order chi connectivity index (χ1) is 17.2. The molecule has 1 aliphatic heterocycles. The number of aliphatic hydroxyl groups is 1. The van der Waals surface area contributed by atoms with Gasteiger partial charge in [-0.3, -0.25) is 0 Å². The third-order valence-corrected chi connectivity index (χ3v) is 6.63. The Morgan fingerprint density at radius 1 is 1.14 bits per heavy atom. The second-order valence-electron chi connectivity index (χ2n) is 9.33. The van der Waals surface area contributed by atoms with Gasteiger partial charge in [0, 0.05) is 66.6 Å². The number of rotatable bonds is 6. The predicted molar refractivity (Wildman–Crippen MR) is 129 cm³/mol. The zero-order valence-electron chi connectivity index (χ0n) is 20.0. The SMILES string of the molecule is Cc1nc2cc(F)c(-c3cnc(N4CCC(C)(O)CC4)nc3)cn2c1Cc1ccccc1OC(F)F. The highest BCUT2D eigenvalue weighted by Crippen LogP contribution is 2.29. The Morgan fingerprint density at radius 2 is 1.83 bits per heavy atom. The molecule has 0 atom stereocenters. The molecule has 5 rings (SSSR count). The van der Waals surface area contributed by atoms with Crippen molar-refractivity contribution >= 4 is 11.6 Å². The Labute approximate surface area is 206 Å². The molecule has 1 fully saturated rings. The van der Waals surface area contributed by atoms with Crippen molar-refractivity contribution in [2.75, 3.05) is 18.0 Å². The van der Waals surface area contributed by atoms with Crippen LogP contribution < -0.4 is 9.64 Å². The summed E-state index contributed by atoms with van der Waals surface area (Å²) >= 11 is 0. The Morgan fingerprint density at radius 3 is 2.53 bits per heavy atom. The lowest BCUT2D eigenvalue weighted by Crippen LogP contribution is -2.43. The van der Waals surface area contributed by atoms with E-state index in [0.717, 1.165) is 5.69 Å². The van der Waals surface area contributed by atoms with Gasteiger partial charge < -0.3 is 19.1 Å². The number of fused-ring (bicyclic) bond motifs is 1. The van der Waals surface area contributed by atoms with Gasteiger partial charge in [-0.1, -0.05) is 18.2 Å². The van der Waals surface area contributed by atoms with Crippen LogP contribution in [0.15, 0.2) is 48.9 Å². The third kappa shape index (κ3) is 4.86. The molecule has 0 spiro atoms. The van der Waals surface area contributed by atoms with E-state index in [2.05, 4.69) is 19.7 Å². The zero-order valence-corrected chi connectivity index (χ0v) is 20.0. The Hall–Kier alpha value is -3.66. The quantitative estimate of drug-likeness (QED) is 0.413. The van der Waals surface area contributed by atoms with Crippen molar-refractivity contribution in [1.29, 1.82) is 0 Å². The van der Waals surface area contributed by atoms with Gasteiger partial charge in [0.2, 0.25) is 5.95 Å². The van der Waals surface area contributed by atoms with Crippen LogP contribution in [-0.2, 0) is 6.42 Å². The summed E-state index contributed by atoms with van der Waals surface area (Å²) in [7, 11) is 0. The first-order valence-electron chi connectivity index (χ1n) is 11.7. The number of alkyl halides is 2. The van der Waals surface area contributed by atoms with Gasteiger partial charge in [-0.15, -0.1) is 0 Å². The highest BCUT2D eigenvalue weighted by Gasteiger charge is 2.28. The third-order valence-electron chi connectivity index (χ3n) is 6.63. The molecule has 0 radical (unpaired) electrons. The minimum Gasteiger partial charge on any atom is -0.435 e. The van der Waals surface area contributed by atoms with Crippen molar-refractivity contribution in [3.05, 3.63) is 71.7 Å². The molecule has 36 heavy (non-hydrogen) atoms. The topological polar surface area (TPSA) is 75.8 Å². The fourth-order valence-corrected chi connectivity index (χ4v) is 4.51. The second-order valence-corrected chi connectivity index (χ2v) is 9.33. The molecule has 0 amide bonds. The van der Waals surface area contributed by atoms with Crippen molar-refractivity contribution in [1.82, 2.24) is 19.4 Å². The highest BCUT2D eigenvalue weighted by molar-refractivity contribution is 5.65. The van der Waals surface area contributed by atoms with Gasteiger partial charge in [-0.2, -0.15) is 8.78 Å². The van der Waals surface area contributed by atoms with Crippen LogP contribution in [0, 0.1) is 12.7 Å². The van der Waals surface area contributed by atoms with Crippen molar-refractivity contribution in [2.45, 2.75) is 45.3 Å². The lowest BCUT2D eigenvalue weighted by atomic mass is 9.94. The number of nitrogens with zero attached hydrogens (tertiary/aromatic N) is 5. The summed E-state index contributed by atoms with van der Waals surface area (Å²) in [5.74, 6) is 0.156. The minimum absolute atomic E-state index is 0.0902. The second kappa shape index (κ2) is 9.42. The number of aryl methyl sites for hydroxylation is 1. The van der Waals surface area contributed by atoms with Crippen LogP contribution in [-0.4, -0.2) is 49.8 Å². The van der Waals surface area contributed by atoms with Crippen LogP contribution >= 0.6 is 0 Å². The summed E-state index contributed by atoms with van der Waals surface area (Å²) in [6.45, 7) is 1.97. The summed E-state index contributed by atoms with van der Waals surface area (Å²) in [5.41, 5.74) is 2.49. The lowest BCUT2D eigenvalue weighted by molar-refractivity contribution is -0.0504. The monoisotopic (exact) mass is 497 g/mol. The average molecular weight is 498 g/mol. The van der Waals surface area contributed by atoms with Gasteiger partial charge in [-0.25, -0.2) is 19.3 Å². The summed E-state index contributed by atoms with van der Waals surface area (Å²) < 4.78 is 47.2. The average Bonchev–Trinajstić information content (AvgIpc) is 3.13. The van der Waals surface area contributed by atoms with E-state index < -0.39 is 18.0 Å². The molecule has 1 aliphatic rings. The van der Waals surface area contributed by atoms with Gasteiger partial charge in [0.15, 0.2) is 0 Å². The molecule has 4 heterocycles. The van der Waals surface area contributed by atoms with Gasteiger partial charge in [0.25, 0.3) is 0 Å². The van der Waals surface area contributed by atoms with E-state index in [1.165, 1.54) is 12.1 Å². The van der Waals surface area contributed by atoms with E-state index in [-0.39, 0.29) is 12.2 Å². The van der Waals surface area contributed by atoms with Crippen LogP contribution in [0.1, 0.15) is 36.7 Å². The fraction of sp³-hybridized carbons (Fsp3) is 0.346. The molecule has 0 bridgehead atoms. The molecule has 0 unspecified atom stereocenters. The fourth-order valence-electron chi connectivity index (χ4n) is 4.51. The van der Waals surface area contributed by atoms with E-state index in [9.17, 15) is 13.9 Å². The molecular formula is C26H26F3N5O2. The molecule has 10 heteroatoms. The molecule has 1 saturated heterocycles. The van der Waals surface area contributed by atoms with E-state index >= 15 is 4.39 Å². The van der Waals surface area contributed by atoms with Gasteiger partial charge >= 0.3 is 6.61 Å². The molecule has 0 saturated carbocycles. The summed E-state index contributed by atoms with van der Waals surface area (Å²) in [6.07, 6.45) is 6.31. The van der Waals surface area contributed by atoms with Crippen LogP contribution in [0.25, 0.3) is 16.8 Å². The number of anilines is 1. The van der Waals surface area contributed by atoms with Crippen molar-refractivity contribution in [3.63, 3.8) is 0 Å². The molecule has 3 aromatic heterocycles. The highest BCUT2D eigenvalue weighted by atomic mass is 19.3. The molecule has 188 valence electrons. The Balaban J connectivity index is 1.46. The Bertz CT molecular complexity index is 1380. The van der Waals surface area contributed by atoms with E-state index in [4.69, 9.17) is 0 Å². The molecular weight excluding hydrogens is 471 g/mol.